The number of benzene rings is 3. The Morgan fingerprint density at radius 1 is 0.919 bits per heavy atom. The molecule has 5 heteroatoms. The number of fused-ring (bicyclic) bond motifs is 1. The van der Waals surface area contributed by atoms with Crippen molar-refractivity contribution in [1.82, 2.24) is 4.98 Å². The van der Waals surface area contributed by atoms with Crippen molar-refractivity contribution in [3.05, 3.63) is 89.7 Å². The van der Waals surface area contributed by atoms with E-state index < -0.39 is 0 Å². The molecule has 1 aliphatic carbocycles. The normalized spacial score (nSPS) is 17.3. The molecule has 1 fully saturated rings. The van der Waals surface area contributed by atoms with E-state index in [0.29, 0.717) is 18.4 Å². The molecule has 5 nitrogen and oxygen atoms in total. The first-order valence-electron chi connectivity index (χ1n) is 13.3. The zero-order chi connectivity index (χ0) is 25.4. The van der Waals surface area contributed by atoms with Gasteiger partial charge in [-0.3, -0.25) is 0 Å². The van der Waals surface area contributed by atoms with Gasteiger partial charge in [-0.1, -0.05) is 70.0 Å². The third-order valence-corrected chi connectivity index (χ3v) is 7.56. The molecule has 2 aliphatic rings. The fourth-order valence-corrected chi connectivity index (χ4v) is 5.50. The van der Waals surface area contributed by atoms with Crippen LogP contribution in [0.5, 0.6) is 5.75 Å². The predicted molar refractivity (Wildman–Crippen MR) is 146 cm³/mol. The van der Waals surface area contributed by atoms with E-state index in [1.807, 2.05) is 24.3 Å². The summed E-state index contributed by atoms with van der Waals surface area (Å²) in [4.78, 5) is 4.84. The van der Waals surface area contributed by atoms with Crippen molar-refractivity contribution >= 4 is 5.69 Å². The van der Waals surface area contributed by atoms with Crippen LogP contribution in [0.15, 0.2) is 87.6 Å². The Kier molecular flexibility index (Phi) is 6.15. The Bertz CT molecular complexity index is 1430. The van der Waals surface area contributed by atoms with Crippen LogP contribution < -0.4 is 4.74 Å². The first-order valence-corrected chi connectivity index (χ1v) is 13.3. The van der Waals surface area contributed by atoms with Gasteiger partial charge in [0.2, 0.25) is 5.89 Å². The number of hydrogen-bond acceptors (Lipinski definition) is 5. The zero-order valence-corrected chi connectivity index (χ0v) is 21.8. The van der Waals surface area contributed by atoms with E-state index >= 15 is 0 Å². The van der Waals surface area contributed by atoms with Gasteiger partial charge in [0, 0.05) is 22.3 Å². The summed E-state index contributed by atoms with van der Waals surface area (Å²) in [5, 5.41) is 9.12. The quantitative estimate of drug-likeness (QED) is 0.270. The van der Waals surface area contributed by atoms with Gasteiger partial charge < -0.3 is 9.15 Å². The second-order valence-corrected chi connectivity index (χ2v) is 11.3. The van der Waals surface area contributed by atoms with Gasteiger partial charge in [-0.25, -0.2) is 4.98 Å². The molecule has 37 heavy (non-hydrogen) atoms. The van der Waals surface area contributed by atoms with E-state index in [1.165, 1.54) is 31.2 Å². The minimum Gasteiger partial charge on any atom is -0.489 e. The van der Waals surface area contributed by atoms with Crippen LogP contribution in [-0.2, 0) is 12.0 Å². The van der Waals surface area contributed by atoms with Gasteiger partial charge in [0.05, 0.1) is 5.69 Å². The van der Waals surface area contributed by atoms with Crippen LogP contribution >= 0.6 is 0 Å². The molecule has 0 radical (unpaired) electrons. The molecule has 0 amide bonds. The minimum atomic E-state index is -0.0879. The molecule has 1 aliphatic heterocycles. The second-order valence-electron chi connectivity index (χ2n) is 11.3. The van der Waals surface area contributed by atoms with Crippen molar-refractivity contribution in [3.63, 3.8) is 0 Å². The molecule has 4 aromatic rings. The first-order chi connectivity index (χ1) is 18.0. The smallest absolute Gasteiger partial charge is 0.226 e. The van der Waals surface area contributed by atoms with Crippen LogP contribution in [0.3, 0.4) is 0 Å². The van der Waals surface area contributed by atoms with Crippen LogP contribution in [0.4, 0.5) is 5.69 Å². The van der Waals surface area contributed by atoms with Gasteiger partial charge in [0.1, 0.15) is 30.4 Å². The van der Waals surface area contributed by atoms with Gasteiger partial charge in [-0.05, 0) is 60.1 Å². The maximum absolute atomic E-state index is 6.24. The molecule has 1 unspecified atom stereocenters. The number of ether oxygens (including phenoxy) is 1. The van der Waals surface area contributed by atoms with Crippen molar-refractivity contribution in [2.75, 3.05) is 0 Å². The molecule has 1 aromatic heterocycles. The third kappa shape index (κ3) is 4.83. The molecular formula is C32H33N3O2. The third-order valence-electron chi connectivity index (χ3n) is 7.56. The summed E-state index contributed by atoms with van der Waals surface area (Å²) in [6.07, 6.45) is 6.85. The Morgan fingerprint density at radius 2 is 1.70 bits per heavy atom. The molecule has 0 saturated heterocycles. The average molecular weight is 492 g/mol. The lowest BCUT2D eigenvalue weighted by atomic mass is 9.85. The van der Waals surface area contributed by atoms with E-state index in [9.17, 15) is 0 Å². The largest absolute Gasteiger partial charge is 0.489 e. The van der Waals surface area contributed by atoms with Gasteiger partial charge in [-0.15, -0.1) is 0 Å². The van der Waals surface area contributed by atoms with Crippen LogP contribution in [0.2, 0.25) is 0 Å². The Morgan fingerprint density at radius 3 is 2.49 bits per heavy atom. The molecule has 188 valence electrons. The molecule has 6 rings (SSSR count). The highest BCUT2D eigenvalue weighted by molar-refractivity contribution is 5.68. The van der Waals surface area contributed by atoms with Crippen molar-refractivity contribution < 1.29 is 9.15 Å². The van der Waals surface area contributed by atoms with Crippen LogP contribution in [0.1, 0.15) is 69.2 Å². The highest BCUT2D eigenvalue weighted by Gasteiger charge is 2.31. The molecule has 0 bridgehead atoms. The molecule has 0 N–H and O–H groups in total. The fraction of sp³-hybridized carbons (Fsp3) is 0.344. The van der Waals surface area contributed by atoms with Crippen molar-refractivity contribution in [3.8, 4) is 28.5 Å². The summed E-state index contributed by atoms with van der Waals surface area (Å²) >= 11 is 0. The van der Waals surface area contributed by atoms with E-state index in [0.717, 1.165) is 39.4 Å². The van der Waals surface area contributed by atoms with Gasteiger partial charge in [-0.2, -0.15) is 10.2 Å². The number of aromatic nitrogens is 1. The van der Waals surface area contributed by atoms with E-state index in [1.54, 1.807) is 6.26 Å². The highest BCUT2D eigenvalue weighted by atomic mass is 16.5. The number of azo groups is 1. The average Bonchev–Trinajstić information content (AvgIpc) is 3.68. The van der Waals surface area contributed by atoms with E-state index in [4.69, 9.17) is 14.1 Å². The lowest BCUT2D eigenvalue weighted by molar-refractivity contribution is 0.297. The van der Waals surface area contributed by atoms with Gasteiger partial charge >= 0.3 is 0 Å². The summed E-state index contributed by atoms with van der Waals surface area (Å²) in [6, 6.07) is 23.0. The SMILES string of the molecule is CC(C)(C)c1cc(-c2coc(-c3ccc4c(c3)N=NC4C3CCCC3)n2)ccc1OCc1ccccc1. The van der Waals surface area contributed by atoms with E-state index in [-0.39, 0.29) is 11.5 Å². The molecule has 2 heterocycles. The monoisotopic (exact) mass is 491 g/mol. The maximum Gasteiger partial charge on any atom is 0.226 e. The number of rotatable bonds is 6. The molecular weight excluding hydrogens is 458 g/mol. The summed E-state index contributed by atoms with van der Waals surface area (Å²) in [5.74, 6) is 2.12. The van der Waals surface area contributed by atoms with Crippen LogP contribution in [0.25, 0.3) is 22.7 Å². The Hall–Kier alpha value is -3.73. The van der Waals surface area contributed by atoms with Crippen molar-refractivity contribution in [2.45, 2.75) is 64.5 Å². The summed E-state index contributed by atoms with van der Waals surface area (Å²) < 4.78 is 12.2. The van der Waals surface area contributed by atoms with E-state index in [2.05, 4.69) is 73.5 Å². The standard InChI is InChI=1S/C32H33N3O2/c1-32(2,3)26-17-23(14-16-29(26)36-19-21-9-5-4-6-10-21)28-20-37-31(33-28)24-13-15-25-27(18-24)34-35-30(25)22-11-7-8-12-22/h4-6,9-10,13-18,20,22,30H,7-8,11-12,19H2,1-3H3. The minimum absolute atomic E-state index is 0.0879. The van der Waals surface area contributed by atoms with Crippen LogP contribution in [-0.4, -0.2) is 4.98 Å². The lowest BCUT2D eigenvalue weighted by Gasteiger charge is -2.23. The second kappa shape index (κ2) is 9.62. The summed E-state index contributed by atoms with van der Waals surface area (Å²) in [7, 11) is 0. The van der Waals surface area contributed by atoms with Crippen LogP contribution in [0, 0.1) is 5.92 Å². The van der Waals surface area contributed by atoms with Crippen molar-refractivity contribution in [2.24, 2.45) is 16.1 Å². The number of oxazole rings is 1. The van der Waals surface area contributed by atoms with Crippen molar-refractivity contribution in [1.29, 1.82) is 0 Å². The summed E-state index contributed by atoms with van der Waals surface area (Å²) in [6.45, 7) is 7.14. The summed E-state index contributed by atoms with van der Waals surface area (Å²) in [5.41, 5.74) is 7.13. The molecule has 0 spiro atoms. The topological polar surface area (TPSA) is 60.0 Å². The Labute approximate surface area is 218 Å². The number of hydrogen-bond donors (Lipinski definition) is 0. The highest BCUT2D eigenvalue weighted by Crippen LogP contribution is 2.47. The Balaban J connectivity index is 1.24. The zero-order valence-electron chi connectivity index (χ0n) is 21.8. The molecule has 1 saturated carbocycles. The molecule has 3 aromatic carbocycles. The van der Waals surface area contributed by atoms with Gasteiger partial charge in [0.25, 0.3) is 0 Å². The number of nitrogens with zero attached hydrogens (tertiary/aromatic N) is 3. The van der Waals surface area contributed by atoms with Gasteiger partial charge in [0.15, 0.2) is 0 Å². The lowest BCUT2D eigenvalue weighted by Crippen LogP contribution is -2.13. The predicted octanol–water partition coefficient (Wildman–Crippen LogP) is 9.21. The maximum atomic E-state index is 6.24. The molecule has 1 atom stereocenters. The fourth-order valence-electron chi connectivity index (χ4n) is 5.50. The first kappa shape index (κ1) is 23.7.